The van der Waals surface area contributed by atoms with Crippen LogP contribution in [0.5, 0.6) is 0 Å². The SMILES string of the molecule is NC(=O)Nc1cccc([C@@H](N)C(=O)O)c1. The van der Waals surface area contributed by atoms with E-state index in [2.05, 4.69) is 5.32 Å². The predicted octanol–water partition coefficient (Wildman–Crippen LogP) is 0.262. The standard InChI is InChI=1S/C9H11N3O3/c10-7(8(13)14)5-2-1-3-6(4-5)12-9(11)15/h1-4,7H,10H2,(H,13,14)(H3,11,12,15)/t7-/m1/s1. The summed E-state index contributed by atoms with van der Waals surface area (Å²) in [5.41, 5.74) is 11.1. The summed E-state index contributed by atoms with van der Waals surface area (Å²) in [6.07, 6.45) is 0. The van der Waals surface area contributed by atoms with Gasteiger partial charge in [0.1, 0.15) is 6.04 Å². The molecule has 1 rings (SSSR count). The number of carbonyl (C=O) groups excluding carboxylic acids is 1. The highest BCUT2D eigenvalue weighted by atomic mass is 16.4. The van der Waals surface area contributed by atoms with Crippen LogP contribution in [0, 0.1) is 0 Å². The van der Waals surface area contributed by atoms with E-state index in [0.717, 1.165) is 0 Å². The van der Waals surface area contributed by atoms with Gasteiger partial charge in [0, 0.05) is 5.69 Å². The maximum absolute atomic E-state index is 10.6. The summed E-state index contributed by atoms with van der Waals surface area (Å²) in [6, 6.07) is 4.37. The monoisotopic (exact) mass is 209 g/mol. The maximum Gasteiger partial charge on any atom is 0.325 e. The van der Waals surface area contributed by atoms with Crippen molar-refractivity contribution in [2.75, 3.05) is 5.32 Å². The topological polar surface area (TPSA) is 118 Å². The third-order valence-corrected chi connectivity index (χ3v) is 1.78. The number of anilines is 1. The van der Waals surface area contributed by atoms with E-state index in [1.54, 1.807) is 18.2 Å². The molecule has 6 heteroatoms. The van der Waals surface area contributed by atoms with E-state index in [4.69, 9.17) is 16.6 Å². The third kappa shape index (κ3) is 2.96. The first-order chi connectivity index (χ1) is 7.00. The number of rotatable bonds is 3. The van der Waals surface area contributed by atoms with E-state index in [0.29, 0.717) is 11.3 Å². The lowest BCUT2D eigenvalue weighted by Gasteiger charge is -2.08. The molecule has 1 aromatic rings. The van der Waals surface area contributed by atoms with E-state index in [1.165, 1.54) is 6.07 Å². The van der Waals surface area contributed by atoms with Crippen LogP contribution in [0.2, 0.25) is 0 Å². The van der Waals surface area contributed by atoms with Crippen molar-refractivity contribution in [3.8, 4) is 0 Å². The lowest BCUT2D eigenvalue weighted by atomic mass is 10.1. The number of carbonyl (C=O) groups is 2. The van der Waals surface area contributed by atoms with Crippen LogP contribution in [0.25, 0.3) is 0 Å². The second-order valence-corrected chi connectivity index (χ2v) is 2.93. The fraction of sp³-hybridized carbons (Fsp3) is 0.111. The number of aliphatic carboxylic acids is 1. The second-order valence-electron chi connectivity index (χ2n) is 2.93. The predicted molar refractivity (Wildman–Crippen MR) is 54.2 cm³/mol. The average Bonchev–Trinajstić information content (AvgIpc) is 2.16. The molecule has 2 amide bonds. The van der Waals surface area contributed by atoms with Crippen molar-refractivity contribution >= 4 is 17.7 Å². The number of primary amides is 1. The lowest BCUT2D eigenvalue weighted by molar-refractivity contribution is -0.138. The van der Waals surface area contributed by atoms with Crippen LogP contribution in [0.3, 0.4) is 0 Å². The molecule has 0 spiro atoms. The van der Waals surface area contributed by atoms with Gasteiger partial charge in [-0.15, -0.1) is 0 Å². The van der Waals surface area contributed by atoms with Gasteiger partial charge in [0.15, 0.2) is 0 Å². The number of amides is 2. The molecule has 0 aliphatic heterocycles. The molecule has 0 aliphatic carbocycles. The van der Waals surface area contributed by atoms with Crippen molar-refractivity contribution in [3.05, 3.63) is 29.8 Å². The van der Waals surface area contributed by atoms with Gasteiger partial charge in [-0.25, -0.2) is 4.79 Å². The zero-order chi connectivity index (χ0) is 11.4. The third-order valence-electron chi connectivity index (χ3n) is 1.78. The first-order valence-electron chi connectivity index (χ1n) is 4.15. The second kappa shape index (κ2) is 4.43. The number of urea groups is 1. The molecule has 80 valence electrons. The van der Waals surface area contributed by atoms with E-state index in [9.17, 15) is 9.59 Å². The number of nitrogens with two attached hydrogens (primary N) is 2. The first kappa shape index (κ1) is 11.0. The highest BCUT2D eigenvalue weighted by Crippen LogP contribution is 2.15. The Morgan fingerprint density at radius 2 is 2.07 bits per heavy atom. The molecule has 0 heterocycles. The van der Waals surface area contributed by atoms with E-state index in [1.807, 2.05) is 0 Å². The lowest BCUT2D eigenvalue weighted by Crippen LogP contribution is -2.22. The minimum Gasteiger partial charge on any atom is -0.480 e. The van der Waals surface area contributed by atoms with Crippen LogP contribution < -0.4 is 16.8 Å². The Balaban J connectivity index is 2.92. The van der Waals surface area contributed by atoms with Gasteiger partial charge < -0.3 is 21.9 Å². The van der Waals surface area contributed by atoms with Crippen molar-refractivity contribution in [1.29, 1.82) is 0 Å². The summed E-state index contributed by atoms with van der Waals surface area (Å²) in [5, 5.41) is 11.0. The van der Waals surface area contributed by atoms with Gasteiger partial charge >= 0.3 is 12.0 Å². The molecule has 0 aliphatic rings. The summed E-state index contributed by atoms with van der Waals surface area (Å²) in [4.78, 5) is 21.1. The number of hydrogen-bond acceptors (Lipinski definition) is 3. The number of nitrogens with one attached hydrogen (secondary N) is 1. The minimum absolute atomic E-state index is 0.397. The Hall–Kier alpha value is -2.08. The van der Waals surface area contributed by atoms with Crippen molar-refractivity contribution < 1.29 is 14.7 Å². The normalized spacial score (nSPS) is 11.8. The Labute approximate surface area is 85.9 Å². The van der Waals surface area contributed by atoms with Gasteiger partial charge in [-0.3, -0.25) is 4.79 Å². The number of hydrogen-bond donors (Lipinski definition) is 4. The molecule has 0 aromatic heterocycles. The summed E-state index contributed by atoms with van der Waals surface area (Å²) in [7, 11) is 0. The van der Waals surface area contributed by atoms with Gasteiger partial charge in [-0.2, -0.15) is 0 Å². The first-order valence-corrected chi connectivity index (χ1v) is 4.15. The Morgan fingerprint density at radius 1 is 1.40 bits per heavy atom. The summed E-state index contributed by atoms with van der Waals surface area (Å²) >= 11 is 0. The zero-order valence-corrected chi connectivity index (χ0v) is 7.81. The molecule has 0 unspecified atom stereocenters. The van der Waals surface area contributed by atoms with E-state index < -0.39 is 18.0 Å². The van der Waals surface area contributed by atoms with Gasteiger partial charge in [-0.1, -0.05) is 12.1 Å². The molecular formula is C9H11N3O3. The largest absolute Gasteiger partial charge is 0.480 e. The van der Waals surface area contributed by atoms with Crippen LogP contribution in [0.1, 0.15) is 11.6 Å². The molecule has 6 nitrogen and oxygen atoms in total. The maximum atomic E-state index is 10.6. The highest BCUT2D eigenvalue weighted by molar-refractivity contribution is 5.88. The molecule has 6 N–H and O–H groups in total. The van der Waals surface area contributed by atoms with Gasteiger partial charge in [0.05, 0.1) is 0 Å². The minimum atomic E-state index is -1.13. The van der Waals surface area contributed by atoms with Crippen molar-refractivity contribution in [2.45, 2.75) is 6.04 Å². The van der Waals surface area contributed by atoms with Gasteiger partial charge in [0.25, 0.3) is 0 Å². The Bertz CT molecular complexity index is 392. The average molecular weight is 209 g/mol. The van der Waals surface area contributed by atoms with Crippen LogP contribution in [0.4, 0.5) is 10.5 Å². The number of carboxylic acid groups (broad SMARTS) is 1. The molecule has 1 atom stereocenters. The quantitative estimate of drug-likeness (QED) is 0.570. The molecular weight excluding hydrogens is 198 g/mol. The van der Waals surface area contributed by atoms with E-state index >= 15 is 0 Å². The van der Waals surface area contributed by atoms with Crippen LogP contribution in [-0.2, 0) is 4.79 Å². The summed E-state index contributed by atoms with van der Waals surface area (Å²) < 4.78 is 0. The molecule has 0 bridgehead atoms. The molecule has 1 aromatic carbocycles. The van der Waals surface area contributed by atoms with Gasteiger partial charge in [-0.05, 0) is 17.7 Å². The molecule has 0 fully saturated rings. The highest BCUT2D eigenvalue weighted by Gasteiger charge is 2.14. The fourth-order valence-electron chi connectivity index (χ4n) is 1.09. The Morgan fingerprint density at radius 3 is 2.60 bits per heavy atom. The number of benzene rings is 1. The summed E-state index contributed by atoms with van der Waals surface area (Å²) in [5.74, 6) is -1.13. The van der Waals surface area contributed by atoms with Crippen molar-refractivity contribution in [2.24, 2.45) is 11.5 Å². The smallest absolute Gasteiger partial charge is 0.325 e. The summed E-state index contributed by atoms with van der Waals surface area (Å²) in [6.45, 7) is 0. The van der Waals surface area contributed by atoms with Crippen LogP contribution in [-0.4, -0.2) is 17.1 Å². The van der Waals surface area contributed by atoms with Crippen LogP contribution in [0.15, 0.2) is 24.3 Å². The van der Waals surface area contributed by atoms with E-state index in [-0.39, 0.29) is 0 Å². The van der Waals surface area contributed by atoms with Crippen LogP contribution >= 0.6 is 0 Å². The van der Waals surface area contributed by atoms with Crippen molar-refractivity contribution in [3.63, 3.8) is 0 Å². The fourth-order valence-corrected chi connectivity index (χ4v) is 1.09. The molecule has 0 radical (unpaired) electrons. The molecule has 15 heavy (non-hydrogen) atoms. The Kier molecular flexibility index (Phi) is 3.25. The van der Waals surface area contributed by atoms with Crippen molar-refractivity contribution in [1.82, 2.24) is 0 Å². The molecule has 0 saturated carbocycles. The molecule has 0 saturated heterocycles. The van der Waals surface area contributed by atoms with Gasteiger partial charge in [0.2, 0.25) is 0 Å². The number of carboxylic acids is 1. The zero-order valence-electron chi connectivity index (χ0n) is 7.81.